The van der Waals surface area contributed by atoms with E-state index in [0.717, 1.165) is 12.7 Å². The number of unbranched alkanes of at least 4 members (excludes halogenated alkanes) is 2. The SMILES string of the molecule is COC(=O)CCCCCOc1cc(F)cc2c(-c3cnc(OC)c(NS(C)(=O)=O)c3)nc(N3CCOCC3)nc12. The number of aromatic nitrogens is 3. The van der Waals surface area contributed by atoms with Crippen molar-refractivity contribution in [2.24, 2.45) is 0 Å². The Morgan fingerprint density at radius 2 is 1.90 bits per heavy atom. The number of anilines is 2. The fraction of sp³-hybridized carbons (Fsp3) is 0.462. The van der Waals surface area contributed by atoms with Crippen LogP contribution in [0.25, 0.3) is 22.2 Å². The van der Waals surface area contributed by atoms with Crippen LogP contribution < -0.4 is 19.1 Å². The number of nitrogens with zero attached hydrogens (tertiary/aromatic N) is 4. The number of esters is 1. The van der Waals surface area contributed by atoms with Gasteiger partial charge in [0, 0.05) is 42.7 Å². The number of pyridine rings is 1. The number of rotatable bonds is 12. The zero-order valence-corrected chi connectivity index (χ0v) is 23.4. The maximum Gasteiger partial charge on any atom is 0.305 e. The second-order valence-electron chi connectivity index (χ2n) is 9.16. The van der Waals surface area contributed by atoms with Gasteiger partial charge in [-0.2, -0.15) is 0 Å². The summed E-state index contributed by atoms with van der Waals surface area (Å²) in [6.07, 6.45) is 4.85. The zero-order chi connectivity index (χ0) is 28.7. The number of sulfonamides is 1. The number of nitrogens with one attached hydrogen (secondary N) is 1. The molecule has 0 spiro atoms. The van der Waals surface area contributed by atoms with E-state index in [4.69, 9.17) is 24.2 Å². The van der Waals surface area contributed by atoms with Crippen molar-refractivity contribution in [1.82, 2.24) is 15.0 Å². The molecule has 1 N–H and O–H groups in total. The third-order valence-electron chi connectivity index (χ3n) is 6.14. The number of hydrogen-bond donors (Lipinski definition) is 1. The molecule has 3 heterocycles. The molecule has 216 valence electrons. The van der Waals surface area contributed by atoms with Crippen LogP contribution >= 0.6 is 0 Å². The number of carbonyl (C=O) groups excluding carboxylic acids is 1. The number of morpholine rings is 1. The highest BCUT2D eigenvalue weighted by Crippen LogP contribution is 2.36. The van der Waals surface area contributed by atoms with E-state index >= 15 is 0 Å². The Hall–Kier alpha value is -3.78. The van der Waals surface area contributed by atoms with Gasteiger partial charge in [-0.1, -0.05) is 0 Å². The Kier molecular flexibility index (Phi) is 9.53. The van der Waals surface area contributed by atoms with E-state index in [1.807, 2.05) is 4.90 Å². The lowest BCUT2D eigenvalue weighted by Gasteiger charge is -2.27. The fourth-order valence-corrected chi connectivity index (χ4v) is 4.79. The predicted molar refractivity (Wildman–Crippen MR) is 147 cm³/mol. The highest BCUT2D eigenvalue weighted by Gasteiger charge is 2.22. The van der Waals surface area contributed by atoms with Crippen LogP contribution in [0, 0.1) is 5.82 Å². The monoisotopic (exact) mass is 577 g/mol. The molecule has 1 saturated heterocycles. The Labute approximate surface area is 231 Å². The van der Waals surface area contributed by atoms with E-state index < -0.39 is 15.8 Å². The van der Waals surface area contributed by atoms with Gasteiger partial charge in [-0.3, -0.25) is 9.52 Å². The summed E-state index contributed by atoms with van der Waals surface area (Å²) in [5, 5.41) is 0.370. The summed E-state index contributed by atoms with van der Waals surface area (Å²) < 4.78 is 62.5. The van der Waals surface area contributed by atoms with E-state index in [1.54, 1.807) is 0 Å². The Morgan fingerprint density at radius 1 is 1.12 bits per heavy atom. The lowest BCUT2D eigenvalue weighted by molar-refractivity contribution is -0.140. The van der Waals surface area contributed by atoms with Crippen LogP contribution in [0.5, 0.6) is 11.6 Å². The van der Waals surface area contributed by atoms with Crippen LogP contribution in [0.4, 0.5) is 16.0 Å². The topological polar surface area (TPSA) is 142 Å². The fourth-order valence-electron chi connectivity index (χ4n) is 4.24. The molecule has 0 atom stereocenters. The van der Waals surface area contributed by atoms with Crippen LogP contribution in [0.3, 0.4) is 0 Å². The quantitative estimate of drug-likeness (QED) is 0.251. The predicted octanol–water partition coefficient (Wildman–Crippen LogP) is 3.16. The van der Waals surface area contributed by atoms with E-state index in [1.165, 1.54) is 38.6 Å². The standard InChI is InChI=1S/C26H32FN5O7S/c1-36-22(33)7-5-4-6-10-39-21-15-18(27)14-19-23(29-26(30-24(19)21)32-8-11-38-12-9-32)17-13-20(31-40(3,34)35)25(37-2)28-16-17/h13-16,31H,4-12H2,1-3H3. The Balaban J connectivity index is 1.74. The number of halogens is 1. The first-order valence-corrected chi connectivity index (χ1v) is 14.6. The second-order valence-corrected chi connectivity index (χ2v) is 10.9. The van der Waals surface area contributed by atoms with Crippen LogP contribution in [0.2, 0.25) is 0 Å². The average molecular weight is 578 g/mol. The van der Waals surface area contributed by atoms with Crippen molar-refractivity contribution in [2.45, 2.75) is 25.7 Å². The van der Waals surface area contributed by atoms with Gasteiger partial charge in [0.2, 0.25) is 21.9 Å². The summed E-state index contributed by atoms with van der Waals surface area (Å²) >= 11 is 0. The van der Waals surface area contributed by atoms with Crippen molar-refractivity contribution >= 4 is 38.5 Å². The first-order valence-electron chi connectivity index (χ1n) is 12.7. The molecule has 4 rings (SSSR count). The molecule has 1 aliphatic rings. The maximum absolute atomic E-state index is 14.9. The highest BCUT2D eigenvalue weighted by atomic mass is 32.2. The van der Waals surface area contributed by atoms with E-state index in [9.17, 15) is 17.6 Å². The number of methoxy groups -OCH3 is 2. The summed E-state index contributed by atoms with van der Waals surface area (Å²) in [4.78, 5) is 27.0. The van der Waals surface area contributed by atoms with Gasteiger partial charge in [0.25, 0.3) is 0 Å². The van der Waals surface area contributed by atoms with E-state index in [0.29, 0.717) is 80.3 Å². The highest BCUT2D eigenvalue weighted by molar-refractivity contribution is 7.92. The average Bonchev–Trinajstić information content (AvgIpc) is 2.93. The summed E-state index contributed by atoms with van der Waals surface area (Å²) in [5.74, 6) is -0.0952. The van der Waals surface area contributed by atoms with Crippen molar-refractivity contribution in [3.8, 4) is 22.9 Å². The van der Waals surface area contributed by atoms with Crippen LogP contribution in [0.15, 0.2) is 24.4 Å². The molecular weight excluding hydrogens is 545 g/mol. The van der Waals surface area contributed by atoms with Gasteiger partial charge in [-0.15, -0.1) is 0 Å². The Morgan fingerprint density at radius 3 is 2.60 bits per heavy atom. The van der Waals surface area contributed by atoms with Crippen molar-refractivity contribution in [2.75, 3.05) is 63.0 Å². The van der Waals surface area contributed by atoms with Crippen molar-refractivity contribution in [3.63, 3.8) is 0 Å². The van der Waals surface area contributed by atoms with Gasteiger partial charge in [0.1, 0.15) is 22.8 Å². The number of benzene rings is 1. The molecule has 1 aromatic carbocycles. The minimum absolute atomic E-state index is 0.0725. The first-order chi connectivity index (χ1) is 19.2. The minimum Gasteiger partial charge on any atom is -0.491 e. The lowest BCUT2D eigenvalue weighted by Crippen LogP contribution is -2.37. The maximum atomic E-state index is 14.9. The minimum atomic E-state index is -3.64. The second kappa shape index (κ2) is 13.0. The normalized spacial score (nSPS) is 13.8. The third-order valence-corrected chi connectivity index (χ3v) is 6.73. The largest absolute Gasteiger partial charge is 0.491 e. The first kappa shape index (κ1) is 29.2. The van der Waals surface area contributed by atoms with Gasteiger partial charge in [-0.05, 0) is 31.4 Å². The van der Waals surface area contributed by atoms with Crippen molar-refractivity contribution < 1.29 is 36.6 Å². The van der Waals surface area contributed by atoms with Crippen LogP contribution in [0.1, 0.15) is 25.7 Å². The molecule has 3 aromatic rings. The molecule has 0 amide bonds. The molecule has 40 heavy (non-hydrogen) atoms. The number of fused-ring (bicyclic) bond motifs is 1. The number of hydrogen-bond acceptors (Lipinski definition) is 11. The van der Waals surface area contributed by atoms with Gasteiger partial charge in [0.15, 0.2) is 0 Å². The molecule has 0 bridgehead atoms. The summed E-state index contributed by atoms with van der Waals surface area (Å²) in [6.45, 7) is 2.41. The zero-order valence-electron chi connectivity index (χ0n) is 22.6. The molecule has 0 saturated carbocycles. The van der Waals surface area contributed by atoms with Gasteiger partial charge in [-0.25, -0.2) is 27.8 Å². The molecular formula is C26H32FN5O7S. The number of ether oxygens (including phenoxy) is 4. The van der Waals surface area contributed by atoms with Gasteiger partial charge in [0.05, 0.1) is 46.0 Å². The summed E-state index contributed by atoms with van der Waals surface area (Å²) in [6, 6.07) is 4.12. The lowest BCUT2D eigenvalue weighted by atomic mass is 10.1. The molecule has 1 fully saturated rings. The Bertz CT molecular complexity index is 1470. The molecule has 0 radical (unpaired) electrons. The smallest absolute Gasteiger partial charge is 0.305 e. The molecule has 2 aromatic heterocycles. The molecule has 1 aliphatic heterocycles. The van der Waals surface area contributed by atoms with E-state index in [-0.39, 0.29) is 23.3 Å². The van der Waals surface area contributed by atoms with Crippen molar-refractivity contribution in [1.29, 1.82) is 0 Å². The van der Waals surface area contributed by atoms with Crippen LogP contribution in [-0.2, 0) is 24.3 Å². The molecule has 12 nitrogen and oxygen atoms in total. The molecule has 14 heteroatoms. The summed E-state index contributed by atoms with van der Waals surface area (Å²) in [7, 11) is -0.914. The molecule has 0 unspecified atom stereocenters. The van der Waals surface area contributed by atoms with Crippen molar-refractivity contribution in [3.05, 3.63) is 30.2 Å². The summed E-state index contributed by atoms with van der Waals surface area (Å²) in [5.41, 5.74) is 1.28. The van der Waals surface area contributed by atoms with Gasteiger partial charge >= 0.3 is 5.97 Å². The third kappa shape index (κ3) is 7.45. The van der Waals surface area contributed by atoms with Gasteiger partial charge < -0.3 is 23.8 Å². The van der Waals surface area contributed by atoms with Crippen LogP contribution in [-0.4, -0.2) is 82.7 Å². The van der Waals surface area contributed by atoms with E-state index in [2.05, 4.69) is 14.4 Å². The number of carbonyl (C=O) groups is 1. The molecule has 0 aliphatic carbocycles.